The summed E-state index contributed by atoms with van der Waals surface area (Å²) in [5, 5.41) is 12.5. The third-order valence-electron chi connectivity index (χ3n) is 4.21. The van der Waals surface area contributed by atoms with Gasteiger partial charge in [0.15, 0.2) is 0 Å². The molecular formula is C17H26N2O2. The Balaban J connectivity index is 1.70. The molecule has 0 amide bonds. The van der Waals surface area contributed by atoms with E-state index in [-0.39, 0.29) is 0 Å². The van der Waals surface area contributed by atoms with Crippen molar-refractivity contribution in [2.24, 2.45) is 0 Å². The number of carbonyl (C=O) groups is 1. The molecule has 1 aromatic rings. The summed E-state index contributed by atoms with van der Waals surface area (Å²) in [6, 6.07) is 7.72. The molecule has 0 spiro atoms. The monoisotopic (exact) mass is 290 g/mol. The Morgan fingerprint density at radius 2 is 1.95 bits per heavy atom. The molecule has 4 nitrogen and oxygen atoms in total. The van der Waals surface area contributed by atoms with Gasteiger partial charge in [-0.15, -0.1) is 0 Å². The van der Waals surface area contributed by atoms with Gasteiger partial charge >= 0.3 is 5.97 Å². The van der Waals surface area contributed by atoms with Gasteiger partial charge in [0.25, 0.3) is 0 Å². The van der Waals surface area contributed by atoms with E-state index in [1.54, 1.807) is 12.1 Å². The molecule has 1 aromatic carbocycles. The van der Waals surface area contributed by atoms with E-state index in [4.69, 9.17) is 5.11 Å². The van der Waals surface area contributed by atoms with Crippen LogP contribution in [0.15, 0.2) is 24.3 Å². The van der Waals surface area contributed by atoms with Gasteiger partial charge in [0.2, 0.25) is 0 Å². The highest BCUT2D eigenvalue weighted by Crippen LogP contribution is 2.12. The Hall–Kier alpha value is -1.39. The van der Waals surface area contributed by atoms with Gasteiger partial charge in [0.05, 0.1) is 5.56 Å². The number of piperidine rings is 1. The first-order chi connectivity index (χ1) is 10.2. The van der Waals surface area contributed by atoms with Crippen LogP contribution in [0, 0.1) is 0 Å². The Labute approximate surface area is 127 Å². The minimum Gasteiger partial charge on any atom is -0.478 e. The maximum Gasteiger partial charge on any atom is 0.335 e. The maximum atomic E-state index is 10.8. The SMILES string of the molecule is CCCCN1CCC(NCc2ccc(C(=O)O)cc2)CC1. The van der Waals surface area contributed by atoms with E-state index >= 15 is 0 Å². The van der Waals surface area contributed by atoms with E-state index in [0.29, 0.717) is 11.6 Å². The standard InChI is InChI=1S/C17H26N2O2/c1-2-3-10-19-11-8-16(9-12-19)18-13-14-4-6-15(7-5-14)17(20)21/h4-7,16,18H,2-3,8-13H2,1H3,(H,20,21). The molecule has 0 bridgehead atoms. The zero-order valence-electron chi connectivity index (χ0n) is 12.8. The molecular weight excluding hydrogens is 264 g/mol. The summed E-state index contributed by atoms with van der Waals surface area (Å²) in [6.07, 6.45) is 4.98. The van der Waals surface area contributed by atoms with Gasteiger partial charge in [0.1, 0.15) is 0 Å². The average molecular weight is 290 g/mol. The number of nitrogens with one attached hydrogen (secondary N) is 1. The molecule has 0 saturated carbocycles. The third kappa shape index (κ3) is 5.14. The van der Waals surface area contributed by atoms with Crippen molar-refractivity contribution in [3.8, 4) is 0 Å². The molecule has 0 aromatic heterocycles. The minimum atomic E-state index is -0.867. The Morgan fingerprint density at radius 3 is 2.52 bits per heavy atom. The van der Waals surface area contributed by atoms with Crippen LogP contribution in [-0.2, 0) is 6.54 Å². The van der Waals surface area contributed by atoms with Gasteiger partial charge in [-0.3, -0.25) is 0 Å². The molecule has 1 fully saturated rings. The lowest BCUT2D eigenvalue weighted by Gasteiger charge is -2.32. The van der Waals surface area contributed by atoms with Crippen molar-refractivity contribution in [3.63, 3.8) is 0 Å². The zero-order valence-corrected chi connectivity index (χ0v) is 12.8. The fourth-order valence-electron chi connectivity index (χ4n) is 2.77. The summed E-state index contributed by atoms with van der Waals surface area (Å²) in [4.78, 5) is 13.4. The predicted octanol–water partition coefficient (Wildman–Crippen LogP) is 2.74. The average Bonchev–Trinajstić information content (AvgIpc) is 2.52. The molecule has 0 radical (unpaired) electrons. The van der Waals surface area contributed by atoms with Gasteiger partial charge in [-0.2, -0.15) is 0 Å². The fourth-order valence-corrected chi connectivity index (χ4v) is 2.77. The molecule has 1 aliphatic rings. The van der Waals surface area contributed by atoms with Crippen LogP contribution < -0.4 is 5.32 Å². The molecule has 2 rings (SSSR count). The molecule has 2 N–H and O–H groups in total. The first-order valence-electron chi connectivity index (χ1n) is 7.97. The lowest BCUT2D eigenvalue weighted by molar-refractivity contribution is 0.0697. The van der Waals surface area contributed by atoms with Crippen molar-refractivity contribution < 1.29 is 9.90 Å². The summed E-state index contributed by atoms with van der Waals surface area (Å²) in [5.41, 5.74) is 1.50. The summed E-state index contributed by atoms with van der Waals surface area (Å²) in [6.45, 7) is 6.68. The number of likely N-dealkylation sites (tertiary alicyclic amines) is 1. The number of hydrogen-bond acceptors (Lipinski definition) is 3. The second-order valence-electron chi connectivity index (χ2n) is 5.85. The molecule has 1 saturated heterocycles. The van der Waals surface area contributed by atoms with E-state index in [2.05, 4.69) is 17.1 Å². The van der Waals surface area contributed by atoms with E-state index in [1.807, 2.05) is 12.1 Å². The van der Waals surface area contributed by atoms with Crippen LogP contribution in [0.25, 0.3) is 0 Å². The van der Waals surface area contributed by atoms with Crippen LogP contribution in [0.4, 0.5) is 0 Å². The van der Waals surface area contributed by atoms with Crippen LogP contribution in [0.1, 0.15) is 48.5 Å². The van der Waals surface area contributed by atoms with Gasteiger partial charge in [-0.05, 0) is 56.6 Å². The topological polar surface area (TPSA) is 52.6 Å². The van der Waals surface area contributed by atoms with Gasteiger partial charge in [0, 0.05) is 12.6 Å². The van der Waals surface area contributed by atoms with Crippen LogP contribution in [0.5, 0.6) is 0 Å². The Morgan fingerprint density at radius 1 is 1.29 bits per heavy atom. The molecule has 116 valence electrons. The second-order valence-corrected chi connectivity index (χ2v) is 5.85. The first-order valence-corrected chi connectivity index (χ1v) is 7.97. The fraction of sp³-hybridized carbons (Fsp3) is 0.588. The van der Waals surface area contributed by atoms with E-state index in [9.17, 15) is 4.79 Å². The second kappa shape index (κ2) is 8.15. The number of carboxylic acid groups (broad SMARTS) is 1. The van der Waals surface area contributed by atoms with Crippen molar-refractivity contribution in [2.75, 3.05) is 19.6 Å². The highest BCUT2D eigenvalue weighted by molar-refractivity contribution is 5.87. The molecule has 21 heavy (non-hydrogen) atoms. The van der Waals surface area contributed by atoms with Gasteiger partial charge < -0.3 is 15.3 Å². The van der Waals surface area contributed by atoms with E-state index in [1.165, 1.54) is 45.3 Å². The van der Waals surface area contributed by atoms with Crippen LogP contribution in [0.2, 0.25) is 0 Å². The predicted molar refractivity (Wildman–Crippen MR) is 84.6 cm³/mol. The minimum absolute atomic E-state index is 0.350. The molecule has 4 heteroatoms. The molecule has 0 aliphatic carbocycles. The van der Waals surface area contributed by atoms with Gasteiger partial charge in [-0.1, -0.05) is 25.5 Å². The maximum absolute atomic E-state index is 10.8. The van der Waals surface area contributed by atoms with Crippen LogP contribution >= 0.6 is 0 Å². The number of nitrogens with zero attached hydrogens (tertiary/aromatic N) is 1. The highest BCUT2D eigenvalue weighted by Gasteiger charge is 2.17. The Kier molecular flexibility index (Phi) is 6.21. The van der Waals surface area contributed by atoms with Crippen LogP contribution in [0.3, 0.4) is 0 Å². The lowest BCUT2D eigenvalue weighted by atomic mass is 10.0. The largest absolute Gasteiger partial charge is 0.478 e. The van der Waals surface area contributed by atoms with Crippen molar-refractivity contribution in [3.05, 3.63) is 35.4 Å². The van der Waals surface area contributed by atoms with Gasteiger partial charge in [-0.25, -0.2) is 4.79 Å². The lowest BCUT2D eigenvalue weighted by Crippen LogP contribution is -2.42. The van der Waals surface area contributed by atoms with Crippen molar-refractivity contribution in [1.29, 1.82) is 0 Å². The first kappa shape index (κ1) is 16.0. The normalized spacial score (nSPS) is 17.0. The number of hydrogen-bond donors (Lipinski definition) is 2. The summed E-state index contributed by atoms with van der Waals surface area (Å²) in [5.74, 6) is -0.867. The Bertz CT molecular complexity index is 437. The van der Waals surface area contributed by atoms with E-state index in [0.717, 1.165) is 12.1 Å². The van der Waals surface area contributed by atoms with Crippen LogP contribution in [-0.4, -0.2) is 41.7 Å². The van der Waals surface area contributed by atoms with Crippen molar-refractivity contribution in [1.82, 2.24) is 10.2 Å². The molecule has 0 unspecified atom stereocenters. The summed E-state index contributed by atoms with van der Waals surface area (Å²) in [7, 11) is 0. The summed E-state index contributed by atoms with van der Waals surface area (Å²) >= 11 is 0. The van der Waals surface area contributed by atoms with Crippen molar-refractivity contribution >= 4 is 5.97 Å². The number of aromatic carboxylic acids is 1. The highest BCUT2D eigenvalue weighted by atomic mass is 16.4. The number of rotatable bonds is 7. The zero-order chi connectivity index (χ0) is 15.1. The molecule has 1 heterocycles. The number of carboxylic acids is 1. The van der Waals surface area contributed by atoms with E-state index < -0.39 is 5.97 Å². The molecule has 0 atom stereocenters. The quantitative estimate of drug-likeness (QED) is 0.811. The smallest absolute Gasteiger partial charge is 0.335 e. The number of benzene rings is 1. The summed E-state index contributed by atoms with van der Waals surface area (Å²) < 4.78 is 0. The van der Waals surface area contributed by atoms with Crippen molar-refractivity contribution in [2.45, 2.75) is 45.2 Å². The third-order valence-corrected chi connectivity index (χ3v) is 4.21. The molecule has 1 aliphatic heterocycles. The number of unbranched alkanes of at least 4 members (excludes halogenated alkanes) is 1.